The number of hydrogen-bond acceptors (Lipinski definition) is 3. The van der Waals surface area contributed by atoms with Crippen LogP contribution < -0.4 is 0 Å². The van der Waals surface area contributed by atoms with Gasteiger partial charge in [0.2, 0.25) is 0 Å². The topological polar surface area (TPSA) is 33.5 Å². The van der Waals surface area contributed by atoms with Crippen molar-refractivity contribution in [2.75, 3.05) is 14.1 Å². The molecule has 0 atom stereocenters. The van der Waals surface area contributed by atoms with Crippen LogP contribution >= 0.6 is 15.9 Å². The van der Waals surface area contributed by atoms with Crippen LogP contribution in [0.3, 0.4) is 0 Å². The Morgan fingerprint density at radius 1 is 1.39 bits per heavy atom. The highest BCUT2D eigenvalue weighted by Gasteiger charge is 2.53. The highest BCUT2D eigenvalue weighted by Crippen LogP contribution is 2.58. The van der Waals surface area contributed by atoms with Crippen LogP contribution in [0.5, 0.6) is 0 Å². The predicted octanol–water partition coefficient (Wildman–Crippen LogP) is 3.32. The van der Waals surface area contributed by atoms with Crippen molar-refractivity contribution in [3.8, 4) is 0 Å². The number of carbonyl (C=O) groups excluding carboxylic acids is 1. The molecule has 0 aliphatic heterocycles. The Bertz CT molecular complexity index is 565. The summed E-state index contributed by atoms with van der Waals surface area (Å²) in [6.45, 7) is 1.93. The maximum Gasteiger partial charge on any atom is 0.194 e. The minimum atomic E-state index is 0.0537. The fourth-order valence-electron chi connectivity index (χ4n) is 2.79. The minimum Gasteiger partial charge on any atom is -0.453 e. The SMILES string of the molecule is Cc1c(Br)oc2c1C(=O)/C(=C/N(C)C)C1(CC1)C2. The summed E-state index contributed by atoms with van der Waals surface area (Å²) in [5, 5.41) is 0. The first-order valence-corrected chi connectivity index (χ1v) is 6.95. The number of halogens is 1. The van der Waals surface area contributed by atoms with Gasteiger partial charge in [-0.1, -0.05) is 0 Å². The number of rotatable bonds is 1. The molecule has 2 aliphatic rings. The number of Topliss-reactive ketones (excluding diaryl/α,β-unsaturated/α-hetero) is 1. The lowest BCUT2D eigenvalue weighted by Gasteiger charge is -2.24. The van der Waals surface area contributed by atoms with Gasteiger partial charge in [-0.05, 0) is 35.7 Å². The highest BCUT2D eigenvalue weighted by molar-refractivity contribution is 9.10. The van der Waals surface area contributed by atoms with Crippen LogP contribution in [0, 0.1) is 12.3 Å². The number of ketones is 1. The van der Waals surface area contributed by atoms with E-state index in [1.807, 2.05) is 32.1 Å². The molecule has 1 aromatic heterocycles. The lowest BCUT2D eigenvalue weighted by Crippen LogP contribution is -2.26. The van der Waals surface area contributed by atoms with E-state index < -0.39 is 0 Å². The minimum absolute atomic E-state index is 0.0537. The summed E-state index contributed by atoms with van der Waals surface area (Å²) in [6.07, 6.45) is 5.03. The van der Waals surface area contributed by atoms with Gasteiger partial charge in [-0.2, -0.15) is 0 Å². The van der Waals surface area contributed by atoms with Crippen molar-refractivity contribution in [2.45, 2.75) is 26.2 Å². The zero-order chi connectivity index (χ0) is 13.1. The maximum absolute atomic E-state index is 12.7. The predicted molar refractivity (Wildman–Crippen MR) is 72.6 cm³/mol. The van der Waals surface area contributed by atoms with Crippen LogP contribution in [0.15, 0.2) is 20.9 Å². The molecule has 2 aliphatic carbocycles. The van der Waals surface area contributed by atoms with Crippen LogP contribution in [0.2, 0.25) is 0 Å². The molecule has 1 saturated carbocycles. The van der Waals surface area contributed by atoms with Crippen LogP contribution in [-0.2, 0) is 6.42 Å². The summed E-state index contributed by atoms with van der Waals surface area (Å²) in [4.78, 5) is 14.6. The van der Waals surface area contributed by atoms with Gasteiger partial charge in [-0.3, -0.25) is 4.79 Å². The standard InChI is InChI=1S/C14H16BrNO2/c1-8-11-10(18-13(8)15)6-14(4-5-14)9(12(11)17)7-16(2)3/h7H,4-6H2,1-3H3/b9-7-. The second kappa shape index (κ2) is 3.73. The number of hydrogen-bond donors (Lipinski definition) is 0. The largest absolute Gasteiger partial charge is 0.453 e. The van der Waals surface area contributed by atoms with E-state index in [0.29, 0.717) is 4.67 Å². The monoisotopic (exact) mass is 309 g/mol. The molecule has 0 N–H and O–H groups in total. The number of fused-ring (bicyclic) bond motifs is 1. The van der Waals surface area contributed by atoms with E-state index in [4.69, 9.17) is 4.42 Å². The molecule has 0 radical (unpaired) electrons. The van der Waals surface area contributed by atoms with E-state index in [9.17, 15) is 4.79 Å². The third-order valence-electron chi connectivity index (χ3n) is 3.94. The van der Waals surface area contributed by atoms with E-state index in [-0.39, 0.29) is 11.2 Å². The summed E-state index contributed by atoms with van der Waals surface area (Å²) in [6, 6.07) is 0. The number of carbonyl (C=O) groups is 1. The molecular formula is C14H16BrNO2. The zero-order valence-electron chi connectivity index (χ0n) is 10.8. The summed E-state index contributed by atoms with van der Waals surface area (Å²) in [5.41, 5.74) is 2.71. The first-order chi connectivity index (χ1) is 8.44. The van der Waals surface area contributed by atoms with Crippen molar-refractivity contribution >= 4 is 21.7 Å². The van der Waals surface area contributed by atoms with Crippen molar-refractivity contribution in [1.82, 2.24) is 4.90 Å². The van der Waals surface area contributed by atoms with Gasteiger partial charge in [-0.25, -0.2) is 0 Å². The van der Waals surface area contributed by atoms with E-state index in [2.05, 4.69) is 15.9 Å². The van der Waals surface area contributed by atoms with Gasteiger partial charge >= 0.3 is 0 Å². The molecule has 96 valence electrons. The van der Waals surface area contributed by atoms with Crippen molar-refractivity contribution < 1.29 is 9.21 Å². The molecule has 18 heavy (non-hydrogen) atoms. The second-order valence-electron chi connectivity index (χ2n) is 5.59. The maximum atomic E-state index is 12.7. The fraction of sp³-hybridized carbons (Fsp3) is 0.500. The van der Waals surface area contributed by atoms with E-state index in [0.717, 1.165) is 41.7 Å². The molecule has 3 rings (SSSR count). The van der Waals surface area contributed by atoms with Crippen LogP contribution in [0.4, 0.5) is 0 Å². The van der Waals surface area contributed by atoms with Crippen LogP contribution in [0.1, 0.15) is 34.5 Å². The second-order valence-corrected chi connectivity index (χ2v) is 6.31. The van der Waals surface area contributed by atoms with Gasteiger partial charge in [0.05, 0.1) is 5.56 Å². The van der Waals surface area contributed by atoms with Crippen molar-refractivity contribution in [3.63, 3.8) is 0 Å². The Hall–Kier alpha value is -1.03. The Labute approximate surface area is 115 Å². The Morgan fingerprint density at radius 3 is 2.61 bits per heavy atom. The van der Waals surface area contributed by atoms with Gasteiger partial charge < -0.3 is 9.32 Å². The van der Waals surface area contributed by atoms with Gasteiger partial charge in [0, 0.05) is 43.3 Å². The molecule has 0 unspecified atom stereocenters. The molecule has 4 heteroatoms. The first-order valence-electron chi connectivity index (χ1n) is 6.16. The van der Waals surface area contributed by atoms with Crippen molar-refractivity contribution in [2.24, 2.45) is 5.41 Å². The van der Waals surface area contributed by atoms with Crippen molar-refractivity contribution in [1.29, 1.82) is 0 Å². The molecule has 0 amide bonds. The average molecular weight is 310 g/mol. The quantitative estimate of drug-likeness (QED) is 0.746. The summed E-state index contributed by atoms with van der Waals surface area (Å²) in [7, 11) is 3.92. The van der Waals surface area contributed by atoms with Crippen molar-refractivity contribution in [3.05, 3.63) is 33.3 Å². The van der Waals surface area contributed by atoms with Gasteiger partial charge in [0.1, 0.15) is 5.76 Å². The van der Waals surface area contributed by atoms with Crippen LogP contribution in [-0.4, -0.2) is 24.8 Å². The Morgan fingerprint density at radius 2 is 2.06 bits per heavy atom. The molecule has 1 heterocycles. The number of nitrogens with zero attached hydrogens (tertiary/aromatic N) is 1. The summed E-state index contributed by atoms with van der Waals surface area (Å²) < 4.78 is 6.39. The fourth-order valence-corrected chi connectivity index (χ4v) is 3.19. The number of furan rings is 1. The Kier molecular flexibility index (Phi) is 2.49. The molecule has 1 spiro atoms. The van der Waals surface area contributed by atoms with E-state index in [1.165, 1.54) is 0 Å². The molecule has 0 aromatic carbocycles. The Balaban J connectivity index is 2.15. The molecule has 1 aromatic rings. The highest BCUT2D eigenvalue weighted by atomic mass is 79.9. The molecule has 1 fully saturated rings. The first kappa shape index (κ1) is 12.0. The molecule has 0 bridgehead atoms. The number of allylic oxidation sites excluding steroid dienone is 1. The third kappa shape index (κ3) is 1.58. The lowest BCUT2D eigenvalue weighted by molar-refractivity contribution is 0.100. The molecule has 0 saturated heterocycles. The average Bonchev–Trinajstić information content (AvgIpc) is 2.98. The van der Waals surface area contributed by atoms with Crippen LogP contribution in [0.25, 0.3) is 0 Å². The van der Waals surface area contributed by atoms with E-state index >= 15 is 0 Å². The molecular weight excluding hydrogens is 294 g/mol. The smallest absolute Gasteiger partial charge is 0.194 e. The molecule has 3 nitrogen and oxygen atoms in total. The van der Waals surface area contributed by atoms with Gasteiger partial charge in [0.25, 0.3) is 0 Å². The van der Waals surface area contributed by atoms with E-state index in [1.54, 1.807) is 0 Å². The van der Waals surface area contributed by atoms with Gasteiger partial charge in [-0.15, -0.1) is 0 Å². The van der Waals surface area contributed by atoms with Gasteiger partial charge in [0.15, 0.2) is 10.5 Å². The normalized spacial score (nSPS) is 22.4. The lowest BCUT2D eigenvalue weighted by atomic mass is 9.79. The third-order valence-corrected chi connectivity index (χ3v) is 4.70. The zero-order valence-corrected chi connectivity index (χ0v) is 12.4. The summed E-state index contributed by atoms with van der Waals surface area (Å²) >= 11 is 3.38. The summed E-state index contributed by atoms with van der Waals surface area (Å²) in [5.74, 6) is 1.01.